The molecular weight excluding hydrogens is 186 g/mol. The zero-order valence-electron chi connectivity index (χ0n) is 4.53. The van der Waals surface area contributed by atoms with E-state index >= 15 is 0 Å². The van der Waals surface area contributed by atoms with Gasteiger partial charge in [0.15, 0.2) is 0 Å². The van der Waals surface area contributed by atoms with Gasteiger partial charge in [0.25, 0.3) is 0 Å². The van der Waals surface area contributed by atoms with Crippen LogP contribution in [0.1, 0.15) is 13.8 Å². The quantitative estimate of drug-likeness (QED) is 0.562. The standard InChI is InChI=1S/C4H10O.Sb.3H/c1-3-5-4-2;;;;/h3-4H2,1-2H3;;;;. The van der Waals surface area contributed by atoms with E-state index in [4.69, 9.17) is 4.74 Å². The Hall–Kier alpha value is 0.778. The summed E-state index contributed by atoms with van der Waals surface area (Å²) in [6, 6.07) is 0. The predicted molar refractivity (Wildman–Crippen MR) is 32.1 cm³/mol. The Balaban J connectivity index is 0. The van der Waals surface area contributed by atoms with E-state index in [1.165, 1.54) is 0 Å². The molecule has 0 aliphatic carbocycles. The van der Waals surface area contributed by atoms with Crippen LogP contribution < -0.4 is 0 Å². The summed E-state index contributed by atoms with van der Waals surface area (Å²) in [6.07, 6.45) is 0. The fourth-order valence-corrected chi connectivity index (χ4v) is 0.204. The van der Waals surface area contributed by atoms with Gasteiger partial charge in [0.1, 0.15) is 0 Å². The van der Waals surface area contributed by atoms with Crippen molar-refractivity contribution in [2.75, 3.05) is 13.2 Å². The molecule has 0 saturated carbocycles. The van der Waals surface area contributed by atoms with Crippen LogP contribution in [0.15, 0.2) is 0 Å². The van der Waals surface area contributed by atoms with Crippen molar-refractivity contribution >= 4 is 24.4 Å². The van der Waals surface area contributed by atoms with Crippen molar-refractivity contribution in [1.82, 2.24) is 0 Å². The summed E-state index contributed by atoms with van der Waals surface area (Å²) in [5.41, 5.74) is 0. The molecule has 0 aromatic rings. The molecule has 0 saturated heterocycles. The molecule has 0 heterocycles. The molecule has 40 valence electrons. The molecule has 0 rings (SSSR count). The van der Waals surface area contributed by atoms with Crippen LogP contribution in [0.5, 0.6) is 0 Å². The zero-order chi connectivity index (χ0) is 4.12. The first-order valence-electron chi connectivity index (χ1n) is 1.99. The van der Waals surface area contributed by atoms with E-state index in [1.807, 2.05) is 13.8 Å². The third kappa shape index (κ3) is 8.84. The van der Waals surface area contributed by atoms with Crippen molar-refractivity contribution in [3.05, 3.63) is 0 Å². The average Bonchev–Trinajstić information content (AvgIpc) is 1.41. The molecule has 6 heavy (non-hydrogen) atoms. The van der Waals surface area contributed by atoms with Gasteiger partial charge in [-0.2, -0.15) is 0 Å². The summed E-state index contributed by atoms with van der Waals surface area (Å²) in [7, 11) is 0. The number of rotatable bonds is 2. The predicted octanol–water partition coefficient (Wildman–Crippen LogP) is -0.141. The minimum atomic E-state index is 0. The van der Waals surface area contributed by atoms with Crippen LogP contribution in [0, 0.1) is 0 Å². The van der Waals surface area contributed by atoms with Crippen LogP contribution in [0.4, 0.5) is 0 Å². The molecule has 2 heteroatoms. The first kappa shape index (κ1) is 9.91. The van der Waals surface area contributed by atoms with Crippen molar-refractivity contribution in [3.63, 3.8) is 0 Å². The molecule has 0 unspecified atom stereocenters. The van der Waals surface area contributed by atoms with Gasteiger partial charge in [-0.05, 0) is 13.8 Å². The maximum absolute atomic E-state index is 4.83. The summed E-state index contributed by atoms with van der Waals surface area (Å²) in [4.78, 5) is 0. The molecule has 0 aliphatic rings. The van der Waals surface area contributed by atoms with Crippen LogP contribution in [0.3, 0.4) is 0 Å². The van der Waals surface area contributed by atoms with Gasteiger partial charge >= 0.3 is 24.4 Å². The molecule has 0 aromatic heterocycles. The summed E-state index contributed by atoms with van der Waals surface area (Å²) < 4.78 is 4.83. The number of hydrogen-bond donors (Lipinski definition) is 0. The van der Waals surface area contributed by atoms with Crippen LogP contribution in [-0.4, -0.2) is 37.6 Å². The van der Waals surface area contributed by atoms with E-state index in [9.17, 15) is 0 Å². The van der Waals surface area contributed by atoms with Gasteiger partial charge in [-0.3, -0.25) is 0 Å². The number of ether oxygens (including phenoxy) is 1. The summed E-state index contributed by atoms with van der Waals surface area (Å²) in [6.45, 7) is 5.67. The number of hydrogen-bond acceptors (Lipinski definition) is 1. The Labute approximate surface area is 56.5 Å². The van der Waals surface area contributed by atoms with Crippen molar-refractivity contribution < 1.29 is 4.74 Å². The summed E-state index contributed by atoms with van der Waals surface area (Å²) >= 11 is 0. The fraction of sp³-hybridized carbons (Fsp3) is 1.00. The first-order valence-corrected chi connectivity index (χ1v) is 1.99. The molecule has 0 radical (unpaired) electrons. The minimum absolute atomic E-state index is 0. The van der Waals surface area contributed by atoms with Gasteiger partial charge in [-0.25, -0.2) is 0 Å². The Kier molecular flexibility index (Phi) is 15.3. The van der Waals surface area contributed by atoms with E-state index in [0.29, 0.717) is 0 Å². The van der Waals surface area contributed by atoms with E-state index < -0.39 is 0 Å². The van der Waals surface area contributed by atoms with Crippen molar-refractivity contribution in [2.24, 2.45) is 0 Å². The Morgan fingerprint density at radius 3 is 1.50 bits per heavy atom. The van der Waals surface area contributed by atoms with Gasteiger partial charge in [-0.15, -0.1) is 0 Å². The zero-order valence-corrected chi connectivity index (χ0v) is 8.57. The monoisotopic (exact) mass is 198 g/mol. The molecule has 0 amide bonds. The molecule has 0 spiro atoms. The first-order chi connectivity index (χ1) is 2.41. The molecule has 0 aromatic carbocycles. The molecule has 1 nitrogen and oxygen atoms in total. The summed E-state index contributed by atoms with van der Waals surface area (Å²) in [5.74, 6) is 0. The molecular formula is C4H13OSb. The van der Waals surface area contributed by atoms with Crippen LogP contribution in [-0.2, 0) is 4.74 Å². The maximum atomic E-state index is 4.83. The van der Waals surface area contributed by atoms with Gasteiger partial charge in [0, 0.05) is 13.2 Å². The SMILES string of the molecule is CCOCC.[SbH3]. The molecule has 0 N–H and O–H groups in total. The van der Waals surface area contributed by atoms with Gasteiger partial charge < -0.3 is 4.74 Å². The van der Waals surface area contributed by atoms with Crippen LogP contribution in [0.25, 0.3) is 0 Å². The van der Waals surface area contributed by atoms with Crippen LogP contribution in [0.2, 0.25) is 0 Å². The van der Waals surface area contributed by atoms with Crippen molar-refractivity contribution in [1.29, 1.82) is 0 Å². The van der Waals surface area contributed by atoms with E-state index in [1.54, 1.807) is 0 Å². The Morgan fingerprint density at radius 2 is 1.50 bits per heavy atom. The second kappa shape index (κ2) is 9.24. The van der Waals surface area contributed by atoms with Crippen molar-refractivity contribution in [3.8, 4) is 0 Å². The van der Waals surface area contributed by atoms with Crippen molar-refractivity contribution in [2.45, 2.75) is 13.8 Å². The van der Waals surface area contributed by atoms with Gasteiger partial charge in [-0.1, -0.05) is 0 Å². The van der Waals surface area contributed by atoms with E-state index in [-0.39, 0.29) is 24.4 Å². The fourth-order valence-electron chi connectivity index (χ4n) is 0.204. The molecule has 0 bridgehead atoms. The average molecular weight is 199 g/mol. The second-order valence-corrected chi connectivity index (χ2v) is 0.781. The Morgan fingerprint density at radius 1 is 1.17 bits per heavy atom. The van der Waals surface area contributed by atoms with Gasteiger partial charge in [0.2, 0.25) is 0 Å². The Bertz CT molecular complexity index is 15.0. The topological polar surface area (TPSA) is 9.23 Å². The third-order valence-corrected chi connectivity index (χ3v) is 0.408. The van der Waals surface area contributed by atoms with E-state index in [2.05, 4.69) is 0 Å². The molecule has 0 fully saturated rings. The third-order valence-electron chi connectivity index (χ3n) is 0.408. The molecule has 0 aliphatic heterocycles. The molecule has 0 atom stereocenters. The summed E-state index contributed by atoms with van der Waals surface area (Å²) in [5, 5.41) is 0. The van der Waals surface area contributed by atoms with Gasteiger partial charge in [0.05, 0.1) is 0 Å². The second-order valence-electron chi connectivity index (χ2n) is 0.781. The normalized spacial score (nSPS) is 7.00. The van der Waals surface area contributed by atoms with E-state index in [0.717, 1.165) is 13.2 Å². The van der Waals surface area contributed by atoms with Crippen LogP contribution >= 0.6 is 0 Å².